The zero-order valence-electron chi connectivity index (χ0n) is 12.5. The van der Waals surface area contributed by atoms with Crippen LogP contribution >= 0.6 is 11.6 Å². The van der Waals surface area contributed by atoms with Gasteiger partial charge in [0.05, 0.1) is 11.4 Å². The lowest BCUT2D eigenvalue weighted by molar-refractivity contribution is 0.579. The SMILES string of the molecule is Cc1cc(C)n2nc(CNS(=O)(=O)c3ccc(Cl)cc3)nc2n1. The molecule has 0 saturated heterocycles. The van der Waals surface area contributed by atoms with Gasteiger partial charge in [0.15, 0.2) is 5.82 Å². The number of sulfonamides is 1. The van der Waals surface area contributed by atoms with Crippen molar-refractivity contribution in [2.24, 2.45) is 0 Å². The highest BCUT2D eigenvalue weighted by atomic mass is 35.5. The largest absolute Gasteiger partial charge is 0.252 e. The van der Waals surface area contributed by atoms with Gasteiger partial charge in [0.25, 0.3) is 5.78 Å². The number of nitrogens with one attached hydrogen (secondary N) is 1. The highest BCUT2D eigenvalue weighted by Crippen LogP contribution is 2.14. The summed E-state index contributed by atoms with van der Waals surface area (Å²) in [6, 6.07) is 7.81. The van der Waals surface area contributed by atoms with Crippen molar-refractivity contribution in [1.29, 1.82) is 0 Å². The number of aryl methyl sites for hydroxylation is 2. The summed E-state index contributed by atoms with van der Waals surface area (Å²) in [5, 5.41) is 4.73. The molecule has 0 saturated carbocycles. The molecule has 0 atom stereocenters. The Balaban J connectivity index is 1.82. The second kappa shape index (κ2) is 5.88. The predicted octanol–water partition coefficient (Wildman–Crippen LogP) is 1.87. The van der Waals surface area contributed by atoms with Gasteiger partial charge < -0.3 is 0 Å². The summed E-state index contributed by atoms with van der Waals surface area (Å²) in [5.41, 5.74) is 1.71. The van der Waals surface area contributed by atoms with Crippen LogP contribution in [0.5, 0.6) is 0 Å². The van der Waals surface area contributed by atoms with Crippen LogP contribution in [0, 0.1) is 13.8 Å². The predicted molar refractivity (Wildman–Crippen MR) is 85.7 cm³/mol. The van der Waals surface area contributed by atoms with Gasteiger partial charge in [-0.1, -0.05) is 11.6 Å². The minimum absolute atomic E-state index is 0.0210. The van der Waals surface area contributed by atoms with Crippen LogP contribution in [0.3, 0.4) is 0 Å². The Bertz CT molecular complexity index is 967. The minimum atomic E-state index is -3.65. The molecule has 0 bridgehead atoms. The van der Waals surface area contributed by atoms with Gasteiger partial charge in [-0.3, -0.25) is 0 Å². The molecule has 3 rings (SSSR count). The van der Waals surface area contributed by atoms with Crippen LogP contribution in [-0.4, -0.2) is 28.0 Å². The van der Waals surface area contributed by atoms with Gasteiger partial charge in [-0.2, -0.15) is 4.98 Å². The molecule has 1 aromatic carbocycles. The Morgan fingerprint density at radius 2 is 1.87 bits per heavy atom. The number of benzene rings is 1. The molecule has 7 nitrogen and oxygen atoms in total. The lowest BCUT2D eigenvalue weighted by Crippen LogP contribution is -2.23. The van der Waals surface area contributed by atoms with E-state index in [4.69, 9.17) is 11.6 Å². The topological polar surface area (TPSA) is 89.2 Å². The molecule has 120 valence electrons. The lowest BCUT2D eigenvalue weighted by Gasteiger charge is -2.04. The molecule has 0 aliphatic rings. The van der Waals surface area contributed by atoms with Crippen molar-refractivity contribution in [3.05, 3.63) is 52.6 Å². The van der Waals surface area contributed by atoms with E-state index < -0.39 is 10.0 Å². The second-order valence-electron chi connectivity index (χ2n) is 5.06. The summed E-state index contributed by atoms with van der Waals surface area (Å²) in [4.78, 5) is 8.64. The van der Waals surface area contributed by atoms with Crippen LogP contribution in [0.2, 0.25) is 5.02 Å². The molecular formula is C14H14ClN5O2S. The summed E-state index contributed by atoms with van der Waals surface area (Å²) < 4.78 is 28.5. The molecule has 0 fully saturated rings. The summed E-state index contributed by atoms with van der Waals surface area (Å²) in [5.74, 6) is 0.798. The van der Waals surface area contributed by atoms with Gasteiger partial charge in [-0.25, -0.2) is 22.6 Å². The van der Waals surface area contributed by atoms with E-state index in [2.05, 4.69) is 19.8 Å². The van der Waals surface area contributed by atoms with Gasteiger partial charge in [0.1, 0.15) is 0 Å². The molecule has 1 N–H and O–H groups in total. The molecule has 3 aromatic rings. The van der Waals surface area contributed by atoms with Crippen molar-refractivity contribution in [3.8, 4) is 0 Å². The molecule has 0 aliphatic heterocycles. The van der Waals surface area contributed by atoms with Gasteiger partial charge >= 0.3 is 0 Å². The maximum absolute atomic E-state index is 12.2. The molecular weight excluding hydrogens is 338 g/mol. The Labute approximate surface area is 138 Å². The van der Waals surface area contributed by atoms with Crippen LogP contribution in [0.1, 0.15) is 17.2 Å². The first kappa shape index (κ1) is 15.9. The zero-order chi connectivity index (χ0) is 16.6. The number of hydrogen-bond acceptors (Lipinski definition) is 5. The van der Waals surface area contributed by atoms with Crippen LogP contribution in [0.4, 0.5) is 0 Å². The molecule has 0 spiro atoms. The molecule has 23 heavy (non-hydrogen) atoms. The molecule has 2 heterocycles. The molecule has 0 amide bonds. The summed E-state index contributed by atoms with van der Waals surface area (Å²) in [6.07, 6.45) is 0. The van der Waals surface area contributed by atoms with Crippen molar-refractivity contribution in [1.82, 2.24) is 24.3 Å². The van der Waals surface area contributed by atoms with Gasteiger partial charge in [0.2, 0.25) is 10.0 Å². The average molecular weight is 352 g/mol. The summed E-state index contributed by atoms with van der Waals surface area (Å²) >= 11 is 5.76. The zero-order valence-corrected chi connectivity index (χ0v) is 14.1. The minimum Gasteiger partial charge on any atom is -0.216 e. The average Bonchev–Trinajstić information content (AvgIpc) is 2.89. The molecule has 9 heteroatoms. The number of fused-ring (bicyclic) bond motifs is 1. The number of halogens is 1. The third-order valence-electron chi connectivity index (χ3n) is 3.21. The van der Waals surface area contributed by atoms with E-state index in [1.165, 1.54) is 24.3 Å². The number of rotatable bonds is 4. The number of hydrogen-bond donors (Lipinski definition) is 1. The van der Waals surface area contributed by atoms with E-state index >= 15 is 0 Å². The number of aromatic nitrogens is 4. The fourth-order valence-electron chi connectivity index (χ4n) is 2.14. The Kier molecular flexibility index (Phi) is 4.05. The van der Waals surface area contributed by atoms with Crippen molar-refractivity contribution in [2.45, 2.75) is 25.3 Å². The Morgan fingerprint density at radius 3 is 2.57 bits per heavy atom. The van der Waals surface area contributed by atoms with Crippen molar-refractivity contribution >= 4 is 27.4 Å². The fourth-order valence-corrected chi connectivity index (χ4v) is 3.25. The van der Waals surface area contributed by atoms with Crippen LogP contribution in [0.25, 0.3) is 5.78 Å². The maximum Gasteiger partial charge on any atom is 0.252 e. The van der Waals surface area contributed by atoms with Crippen LogP contribution < -0.4 is 4.72 Å². The molecule has 0 unspecified atom stereocenters. The lowest BCUT2D eigenvalue weighted by atomic mass is 10.4. The van der Waals surface area contributed by atoms with E-state index in [0.29, 0.717) is 16.6 Å². The highest BCUT2D eigenvalue weighted by Gasteiger charge is 2.15. The molecule has 0 aliphatic carbocycles. The first-order valence-electron chi connectivity index (χ1n) is 6.80. The Morgan fingerprint density at radius 1 is 1.17 bits per heavy atom. The normalized spacial score (nSPS) is 12.0. The van der Waals surface area contributed by atoms with Crippen LogP contribution in [0.15, 0.2) is 35.2 Å². The summed E-state index contributed by atoms with van der Waals surface area (Å²) in [6.45, 7) is 3.73. The van der Waals surface area contributed by atoms with Gasteiger partial charge in [-0.05, 0) is 44.2 Å². The third-order valence-corrected chi connectivity index (χ3v) is 4.88. The smallest absolute Gasteiger partial charge is 0.216 e. The van der Waals surface area contributed by atoms with Crippen LogP contribution in [-0.2, 0) is 16.6 Å². The standard InChI is InChI=1S/C14H14ClN5O2S/c1-9-7-10(2)20-14(17-9)18-13(19-20)8-16-23(21,22)12-5-3-11(15)4-6-12/h3-7,16H,8H2,1-2H3. The van der Waals surface area contributed by atoms with Crippen molar-refractivity contribution < 1.29 is 8.42 Å². The molecule has 0 radical (unpaired) electrons. The summed E-state index contributed by atoms with van der Waals surface area (Å²) in [7, 11) is -3.65. The molecule has 2 aromatic heterocycles. The maximum atomic E-state index is 12.2. The van der Waals surface area contributed by atoms with E-state index in [9.17, 15) is 8.42 Å². The second-order valence-corrected chi connectivity index (χ2v) is 7.26. The van der Waals surface area contributed by atoms with Gasteiger partial charge in [-0.15, -0.1) is 5.10 Å². The van der Waals surface area contributed by atoms with Crippen molar-refractivity contribution in [3.63, 3.8) is 0 Å². The van der Waals surface area contributed by atoms with E-state index in [0.717, 1.165) is 11.4 Å². The first-order chi connectivity index (χ1) is 10.8. The van der Waals surface area contributed by atoms with E-state index in [1.807, 2.05) is 19.9 Å². The van der Waals surface area contributed by atoms with Gasteiger partial charge in [0, 0.05) is 16.4 Å². The first-order valence-corrected chi connectivity index (χ1v) is 8.66. The monoisotopic (exact) mass is 351 g/mol. The van der Waals surface area contributed by atoms with E-state index in [1.54, 1.807) is 4.52 Å². The number of nitrogens with zero attached hydrogens (tertiary/aromatic N) is 4. The third kappa shape index (κ3) is 3.34. The highest BCUT2D eigenvalue weighted by molar-refractivity contribution is 7.89. The Hall–Kier alpha value is -2.03. The van der Waals surface area contributed by atoms with E-state index in [-0.39, 0.29) is 11.4 Å². The fraction of sp³-hybridized carbons (Fsp3) is 0.214. The quantitative estimate of drug-likeness (QED) is 0.775. The van der Waals surface area contributed by atoms with Crippen molar-refractivity contribution in [2.75, 3.05) is 0 Å².